The highest BCUT2D eigenvalue weighted by Crippen LogP contribution is 2.47. The number of aromatic nitrogens is 1. The second-order valence-electron chi connectivity index (χ2n) is 4.74. The number of alkyl halides is 3. The van der Waals surface area contributed by atoms with Crippen LogP contribution in [-0.4, -0.2) is 10.5 Å². The molecule has 0 aliphatic rings. The van der Waals surface area contributed by atoms with Crippen LogP contribution in [0.4, 0.5) is 17.6 Å². The van der Waals surface area contributed by atoms with Gasteiger partial charge in [0.2, 0.25) is 0 Å². The lowest BCUT2D eigenvalue weighted by Gasteiger charge is -2.09. The molecule has 130 valence electrons. The van der Waals surface area contributed by atoms with E-state index in [2.05, 4.69) is 0 Å². The number of rotatable bonds is 2. The Balaban J connectivity index is 2.76. The van der Waals surface area contributed by atoms with Crippen molar-refractivity contribution in [3.8, 4) is 16.9 Å². The van der Waals surface area contributed by atoms with Crippen molar-refractivity contribution in [3.05, 3.63) is 38.8 Å². The molecule has 24 heavy (non-hydrogen) atoms. The number of carbonyl (C=O) groups excluding carboxylic acids is 1. The predicted octanol–water partition coefficient (Wildman–Crippen LogP) is 5.74. The van der Waals surface area contributed by atoms with Crippen molar-refractivity contribution in [1.29, 1.82) is 0 Å². The van der Waals surface area contributed by atoms with Gasteiger partial charge in [-0.25, -0.2) is 4.39 Å². The van der Waals surface area contributed by atoms with Crippen LogP contribution in [0, 0.1) is 5.82 Å². The van der Waals surface area contributed by atoms with Crippen molar-refractivity contribution in [2.45, 2.75) is 13.1 Å². The number of esters is 1. The van der Waals surface area contributed by atoms with Crippen LogP contribution in [0.5, 0.6) is 5.75 Å². The van der Waals surface area contributed by atoms with Gasteiger partial charge in [-0.15, -0.1) is 0 Å². The maximum atomic E-state index is 14.2. The number of nitrogens with zero attached hydrogens (tertiary/aromatic N) is 1. The summed E-state index contributed by atoms with van der Waals surface area (Å²) in [7, 11) is 1.04. The summed E-state index contributed by atoms with van der Waals surface area (Å²) in [6, 6.07) is 1.76. The van der Waals surface area contributed by atoms with Crippen molar-refractivity contribution in [2.24, 2.45) is 7.05 Å². The molecule has 2 aromatic rings. The van der Waals surface area contributed by atoms with Gasteiger partial charge in [-0.2, -0.15) is 13.2 Å². The molecule has 0 amide bonds. The molecule has 3 nitrogen and oxygen atoms in total. The van der Waals surface area contributed by atoms with Gasteiger partial charge in [0.15, 0.2) is 0 Å². The molecule has 0 aliphatic heterocycles. The number of carbonyl (C=O) groups is 1. The number of hydrogen-bond donors (Lipinski definition) is 0. The molecule has 0 fully saturated rings. The van der Waals surface area contributed by atoms with Crippen LogP contribution >= 0.6 is 34.8 Å². The number of hydrogen-bond acceptors (Lipinski definition) is 2. The standard InChI is InChI=1S/C14H8Cl3F4NO2/c1-5(23)24-9-3-6(8(18)4-7(9)15)10-11(16)12(14(19,20)21)22(2)13(10)17/h3-4H,1-2H3. The fraction of sp³-hybridized carbons (Fsp3) is 0.214. The Morgan fingerprint density at radius 3 is 2.25 bits per heavy atom. The van der Waals surface area contributed by atoms with E-state index in [1.54, 1.807) is 0 Å². The van der Waals surface area contributed by atoms with E-state index in [4.69, 9.17) is 39.5 Å². The summed E-state index contributed by atoms with van der Waals surface area (Å²) in [5.74, 6) is -1.94. The average Bonchev–Trinajstić information content (AvgIpc) is 2.63. The molecule has 1 heterocycles. The minimum absolute atomic E-state index is 0.231. The Hall–Kier alpha value is -1.44. The van der Waals surface area contributed by atoms with Crippen LogP contribution in [-0.2, 0) is 18.0 Å². The van der Waals surface area contributed by atoms with E-state index in [-0.39, 0.29) is 21.9 Å². The molecule has 0 saturated heterocycles. The molecule has 0 bridgehead atoms. The fourth-order valence-electron chi connectivity index (χ4n) is 2.12. The molecule has 0 atom stereocenters. The summed E-state index contributed by atoms with van der Waals surface area (Å²) >= 11 is 17.4. The molecule has 10 heteroatoms. The Morgan fingerprint density at radius 1 is 1.21 bits per heavy atom. The first-order chi connectivity index (χ1) is 10.9. The summed E-state index contributed by atoms with van der Waals surface area (Å²) in [6.07, 6.45) is -4.80. The third kappa shape index (κ3) is 3.34. The Bertz CT molecular complexity index is 831. The van der Waals surface area contributed by atoms with Crippen molar-refractivity contribution in [2.75, 3.05) is 0 Å². The van der Waals surface area contributed by atoms with Crippen LogP contribution in [0.3, 0.4) is 0 Å². The minimum atomic E-state index is -4.80. The molecule has 1 aromatic heterocycles. The lowest BCUT2D eigenvalue weighted by atomic mass is 10.1. The molecule has 1 aromatic carbocycles. The molecular weight excluding hydrogens is 397 g/mol. The summed E-state index contributed by atoms with van der Waals surface area (Å²) in [4.78, 5) is 11.0. The predicted molar refractivity (Wildman–Crippen MR) is 82.1 cm³/mol. The highest BCUT2D eigenvalue weighted by atomic mass is 35.5. The van der Waals surface area contributed by atoms with E-state index in [0.717, 1.165) is 26.1 Å². The van der Waals surface area contributed by atoms with Gasteiger partial charge in [-0.3, -0.25) is 4.79 Å². The van der Waals surface area contributed by atoms with Crippen molar-refractivity contribution < 1.29 is 27.1 Å². The first-order valence-electron chi connectivity index (χ1n) is 6.23. The average molecular weight is 405 g/mol. The first kappa shape index (κ1) is 18.9. The SMILES string of the molecule is CC(=O)Oc1cc(-c2c(Cl)c(C(F)(F)F)n(C)c2Cl)c(F)cc1Cl. The zero-order valence-corrected chi connectivity index (χ0v) is 14.3. The smallest absolute Gasteiger partial charge is 0.425 e. The zero-order chi connectivity index (χ0) is 18.4. The van der Waals surface area contributed by atoms with E-state index >= 15 is 0 Å². The second-order valence-corrected chi connectivity index (χ2v) is 5.88. The largest absolute Gasteiger partial charge is 0.432 e. The van der Waals surface area contributed by atoms with Crippen molar-refractivity contribution >= 4 is 40.8 Å². The van der Waals surface area contributed by atoms with Gasteiger partial charge in [0.1, 0.15) is 22.4 Å². The van der Waals surface area contributed by atoms with Crippen LogP contribution in [0.25, 0.3) is 11.1 Å². The van der Waals surface area contributed by atoms with Crippen LogP contribution in [0.2, 0.25) is 15.2 Å². The highest BCUT2D eigenvalue weighted by Gasteiger charge is 2.40. The van der Waals surface area contributed by atoms with Crippen LogP contribution < -0.4 is 4.74 Å². The summed E-state index contributed by atoms with van der Waals surface area (Å²) in [6.45, 7) is 1.09. The zero-order valence-electron chi connectivity index (χ0n) is 12.1. The van der Waals surface area contributed by atoms with Crippen molar-refractivity contribution in [3.63, 3.8) is 0 Å². The summed E-state index contributed by atoms with van der Waals surface area (Å²) in [5.41, 5.74) is -1.99. The Labute approximate surface area is 148 Å². The maximum absolute atomic E-state index is 14.2. The Morgan fingerprint density at radius 2 is 1.79 bits per heavy atom. The molecule has 0 spiro atoms. The van der Waals surface area contributed by atoms with Gasteiger partial charge in [0.05, 0.1) is 10.0 Å². The van der Waals surface area contributed by atoms with Crippen molar-refractivity contribution in [1.82, 2.24) is 4.57 Å². The fourth-order valence-corrected chi connectivity index (χ4v) is 3.06. The molecule has 0 N–H and O–H groups in total. The number of halogens is 7. The maximum Gasteiger partial charge on any atom is 0.432 e. The number of ether oxygens (including phenoxy) is 1. The van der Waals surface area contributed by atoms with Crippen LogP contribution in [0.1, 0.15) is 12.6 Å². The quantitative estimate of drug-likeness (QED) is 0.363. The topological polar surface area (TPSA) is 31.2 Å². The third-order valence-electron chi connectivity index (χ3n) is 3.08. The molecular formula is C14H8Cl3F4NO2. The van der Waals surface area contributed by atoms with Crippen LogP contribution in [0.15, 0.2) is 12.1 Å². The summed E-state index contributed by atoms with van der Waals surface area (Å²) < 4.78 is 58.9. The van der Waals surface area contributed by atoms with Gasteiger partial charge in [-0.1, -0.05) is 34.8 Å². The molecule has 0 aliphatic carbocycles. The summed E-state index contributed by atoms with van der Waals surface area (Å²) in [5, 5.41) is -1.43. The van der Waals surface area contributed by atoms with Gasteiger partial charge >= 0.3 is 12.1 Å². The molecule has 0 saturated carbocycles. The van der Waals surface area contributed by atoms with Gasteiger partial charge in [0, 0.05) is 25.1 Å². The second kappa shape index (κ2) is 6.46. The number of benzene rings is 1. The highest BCUT2D eigenvalue weighted by molar-refractivity contribution is 6.40. The first-order valence-corrected chi connectivity index (χ1v) is 7.37. The van der Waals surface area contributed by atoms with E-state index < -0.39 is 33.8 Å². The third-order valence-corrected chi connectivity index (χ3v) is 4.18. The lowest BCUT2D eigenvalue weighted by Crippen LogP contribution is -2.11. The monoisotopic (exact) mass is 403 g/mol. The normalized spacial score (nSPS) is 11.7. The van der Waals surface area contributed by atoms with E-state index in [1.807, 2.05) is 0 Å². The van der Waals surface area contributed by atoms with E-state index in [9.17, 15) is 22.4 Å². The van der Waals surface area contributed by atoms with Gasteiger partial charge in [-0.05, 0) is 12.1 Å². The molecule has 2 rings (SSSR count). The van der Waals surface area contributed by atoms with Gasteiger partial charge in [0.25, 0.3) is 0 Å². The van der Waals surface area contributed by atoms with E-state index in [1.165, 1.54) is 0 Å². The van der Waals surface area contributed by atoms with E-state index in [0.29, 0.717) is 4.57 Å². The molecule has 0 unspecified atom stereocenters. The lowest BCUT2D eigenvalue weighted by molar-refractivity contribution is -0.143. The minimum Gasteiger partial charge on any atom is -0.425 e. The molecule has 0 radical (unpaired) electrons. The van der Waals surface area contributed by atoms with Gasteiger partial charge < -0.3 is 9.30 Å². The Kier molecular flexibility index (Phi) is 5.09.